The van der Waals surface area contributed by atoms with Crippen molar-refractivity contribution in [3.05, 3.63) is 95.5 Å². The van der Waals surface area contributed by atoms with Crippen molar-refractivity contribution in [2.45, 2.75) is 56.3 Å². The number of thiazole rings is 2. The monoisotopic (exact) mass is 695 g/mol. The summed E-state index contributed by atoms with van der Waals surface area (Å²) < 4.78 is 47.7. The second kappa shape index (κ2) is 15.5. The summed E-state index contributed by atoms with van der Waals surface area (Å²) in [4.78, 5) is 29.5. The maximum atomic E-state index is 13.3. The third-order valence-corrected chi connectivity index (χ3v) is 10.2. The number of nitrogens with two attached hydrogens (primary N) is 1. The van der Waals surface area contributed by atoms with E-state index in [0.717, 1.165) is 30.5 Å². The lowest BCUT2D eigenvalue weighted by atomic mass is 9.84. The molecule has 1 atom stereocenters. The Labute approximate surface area is 280 Å². The Bertz CT molecular complexity index is 1870. The topological polar surface area (TPSA) is 147 Å². The van der Waals surface area contributed by atoms with E-state index in [0.29, 0.717) is 37.7 Å². The SMILES string of the molecule is CS(=O)(=O)c1ccc([C@@H](CC2CCCC2)C(=O)Cc2ncc(Oc3ccc(F)nc3)s2)cc1.Cc1ccc(Oc2cnc(N)s2)cn1. The number of hydrogen-bond donors (Lipinski definition) is 1. The fourth-order valence-corrected chi connectivity index (χ4v) is 7.14. The van der Waals surface area contributed by atoms with Gasteiger partial charge in [-0.1, -0.05) is 60.5 Å². The first kappa shape index (κ1) is 34.1. The van der Waals surface area contributed by atoms with Gasteiger partial charge in [-0.05, 0) is 61.2 Å². The van der Waals surface area contributed by atoms with Crippen molar-refractivity contribution in [1.29, 1.82) is 0 Å². The molecule has 0 aliphatic heterocycles. The van der Waals surface area contributed by atoms with Crippen LogP contribution in [0.5, 0.6) is 21.6 Å². The predicted molar refractivity (Wildman–Crippen MR) is 180 cm³/mol. The highest BCUT2D eigenvalue weighted by molar-refractivity contribution is 7.90. The molecule has 1 saturated carbocycles. The second-order valence-corrected chi connectivity index (χ2v) is 15.3. The van der Waals surface area contributed by atoms with Gasteiger partial charge in [0.15, 0.2) is 15.0 Å². The lowest BCUT2D eigenvalue weighted by molar-refractivity contribution is -0.120. The minimum atomic E-state index is -3.29. The van der Waals surface area contributed by atoms with E-state index in [4.69, 9.17) is 15.2 Å². The fraction of sp³-hybridized carbons (Fsp3) is 0.303. The molecule has 0 bridgehead atoms. The first-order valence-electron chi connectivity index (χ1n) is 14.9. The number of hydrogen-bond acceptors (Lipinski definition) is 12. The summed E-state index contributed by atoms with van der Waals surface area (Å²) >= 11 is 2.57. The quantitative estimate of drug-likeness (QED) is 0.137. The van der Waals surface area contributed by atoms with Gasteiger partial charge in [0, 0.05) is 17.9 Å². The molecule has 0 amide bonds. The minimum absolute atomic E-state index is 0.0540. The molecule has 2 N–H and O–H groups in total. The zero-order valence-electron chi connectivity index (χ0n) is 25.8. The van der Waals surface area contributed by atoms with Crippen LogP contribution in [-0.2, 0) is 21.1 Å². The highest BCUT2D eigenvalue weighted by Gasteiger charge is 2.27. The van der Waals surface area contributed by atoms with Crippen LogP contribution in [0.25, 0.3) is 0 Å². The van der Waals surface area contributed by atoms with Gasteiger partial charge >= 0.3 is 0 Å². The molecule has 5 aromatic rings. The maximum absolute atomic E-state index is 13.3. The molecule has 246 valence electrons. The Morgan fingerprint density at radius 1 is 0.894 bits per heavy atom. The average molecular weight is 696 g/mol. The molecule has 1 aliphatic carbocycles. The van der Waals surface area contributed by atoms with Crippen LogP contribution >= 0.6 is 22.7 Å². The number of sulfone groups is 1. The summed E-state index contributed by atoms with van der Waals surface area (Å²) in [7, 11) is -3.29. The minimum Gasteiger partial charge on any atom is -0.443 e. The van der Waals surface area contributed by atoms with E-state index in [-0.39, 0.29) is 23.0 Å². The lowest BCUT2D eigenvalue weighted by Crippen LogP contribution is -2.18. The number of carbonyl (C=O) groups is 1. The van der Waals surface area contributed by atoms with Crippen LogP contribution in [0.2, 0.25) is 0 Å². The number of ether oxygens (including phenoxy) is 2. The zero-order chi connectivity index (χ0) is 33.4. The smallest absolute Gasteiger partial charge is 0.213 e. The Balaban J connectivity index is 0.000000257. The number of pyridine rings is 2. The summed E-state index contributed by atoms with van der Waals surface area (Å²) in [6.45, 7) is 1.93. The molecular formula is C33H34FN5O5S3. The third-order valence-electron chi connectivity index (χ3n) is 7.52. The van der Waals surface area contributed by atoms with Crippen molar-refractivity contribution in [2.24, 2.45) is 5.92 Å². The highest BCUT2D eigenvalue weighted by atomic mass is 32.2. The van der Waals surface area contributed by atoms with E-state index < -0.39 is 15.8 Å². The fourth-order valence-electron chi connectivity index (χ4n) is 5.16. The normalized spacial score (nSPS) is 13.9. The van der Waals surface area contributed by atoms with E-state index in [1.165, 1.54) is 60.1 Å². The van der Waals surface area contributed by atoms with Gasteiger partial charge in [-0.25, -0.2) is 23.4 Å². The van der Waals surface area contributed by atoms with Crippen molar-refractivity contribution in [1.82, 2.24) is 19.9 Å². The van der Waals surface area contributed by atoms with Crippen LogP contribution in [0.1, 0.15) is 54.3 Å². The van der Waals surface area contributed by atoms with Crippen molar-refractivity contribution in [3.63, 3.8) is 0 Å². The number of aromatic nitrogens is 4. The number of carbonyl (C=O) groups excluding carboxylic acids is 1. The summed E-state index contributed by atoms with van der Waals surface area (Å²) in [6.07, 6.45) is 12.8. The number of Topliss-reactive ketones (excluding diaryl/α,β-unsaturated/α-hetero) is 1. The molecule has 4 aromatic heterocycles. The molecule has 0 spiro atoms. The summed E-state index contributed by atoms with van der Waals surface area (Å²) in [5, 5.41) is 2.30. The molecule has 0 unspecified atom stereocenters. The number of nitrogen functional groups attached to an aromatic ring is 1. The first-order valence-corrected chi connectivity index (χ1v) is 18.4. The van der Waals surface area contributed by atoms with E-state index in [1.54, 1.807) is 42.9 Å². The number of halogens is 1. The molecule has 0 radical (unpaired) electrons. The van der Waals surface area contributed by atoms with E-state index >= 15 is 0 Å². The van der Waals surface area contributed by atoms with Crippen LogP contribution in [0.3, 0.4) is 0 Å². The molecular weight excluding hydrogens is 662 g/mol. The van der Waals surface area contributed by atoms with Crippen LogP contribution in [-0.4, -0.2) is 40.4 Å². The van der Waals surface area contributed by atoms with Gasteiger partial charge in [0.05, 0.1) is 36.1 Å². The third kappa shape index (κ3) is 10.1. The lowest BCUT2D eigenvalue weighted by Gasteiger charge is -2.20. The summed E-state index contributed by atoms with van der Waals surface area (Å²) in [5.41, 5.74) is 7.27. The molecule has 1 aromatic carbocycles. The number of anilines is 1. The van der Waals surface area contributed by atoms with Gasteiger partial charge in [0.25, 0.3) is 0 Å². The largest absolute Gasteiger partial charge is 0.443 e. The van der Waals surface area contributed by atoms with E-state index in [2.05, 4.69) is 19.9 Å². The number of benzene rings is 1. The molecule has 14 heteroatoms. The first-order chi connectivity index (χ1) is 22.5. The van der Waals surface area contributed by atoms with Crippen LogP contribution in [0.15, 0.2) is 78.2 Å². The van der Waals surface area contributed by atoms with Crippen molar-refractivity contribution >= 4 is 43.4 Å². The van der Waals surface area contributed by atoms with Crippen molar-refractivity contribution in [2.75, 3.05) is 12.0 Å². The number of nitrogens with zero attached hydrogens (tertiary/aromatic N) is 4. The van der Waals surface area contributed by atoms with Gasteiger partial charge in [-0.3, -0.25) is 9.78 Å². The predicted octanol–water partition coefficient (Wildman–Crippen LogP) is 7.57. The van der Waals surface area contributed by atoms with Gasteiger partial charge in [-0.15, -0.1) is 0 Å². The second-order valence-electron chi connectivity index (χ2n) is 11.2. The van der Waals surface area contributed by atoms with Crippen LogP contribution in [0, 0.1) is 18.8 Å². The molecule has 6 rings (SSSR count). The van der Waals surface area contributed by atoms with Crippen molar-refractivity contribution < 1.29 is 27.1 Å². The van der Waals surface area contributed by atoms with E-state index in [9.17, 15) is 17.6 Å². The number of rotatable bonds is 11. The number of ketones is 1. The Hall–Kier alpha value is -4.27. The van der Waals surface area contributed by atoms with Gasteiger partial charge in [0.1, 0.15) is 22.3 Å². The zero-order valence-corrected chi connectivity index (χ0v) is 28.3. The Kier molecular flexibility index (Phi) is 11.3. The molecule has 1 aliphatic rings. The van der Waals surface area contributed by atoms with Crippen LogP contribution in [0.4, 0.5) is 9.52 Å². The molecule has 0 saturated heterocycles. The summed E-state index contributed by atoms with van der Waals surface area (Å²) in [6, 6.07) is 13.1. The summed E-state index contributed by atoms with van der Waals surface area (Å²) in [5.74, 6) is 0.738. The average Bonchev–Trinajstić information content (AvgIpc) is 3.82. The Morgan fingerprint density at radius 2 is 1.53 bits per heavy atom. The molecule has 4 heterocycles. The van der Waals surface area contributed by atoms with Gasteiger partial charge in [0.2, 0.25) is 16.1 Å². The maximum Gasteiger partial charge on any atom is 0.213 e. The van der Waals surface area contributed by atoms with Gasteiger partial charge in [-0.2, -0.15) is 4.39 Å². The Morgan fingerprint density at radius 3 is 2.11 bits per heavy atom. The standard InChI is InChI=1S/C24H25FN2O4S2.C9H9N3OS/c1-33(29,30)19-9-6-17(7-10-19)20(12-16-4-2-3-5-16)21(28)13-23-27-15-24(32-23)31-18-8-11-22(25)26-14-18;1-6-2-3-7(4-11-6)13-8-5-12-9(10)14-8/h6-11,14-16,20H,2-5,12-13H2,1H3;2-5H,1H3,(H2,10,12)/t20-;/m1./s1. The molecule has 47 heavy (non-hydrogen) atoms. The molecule has 10 nitrogen and oxygen atoms in total. The van der Waals surface area contributed by atoms with Crippen LogP contribution < -0.4 is 15.2 Å². The molecule has 1 fully saturated rings. The van der Waals surface area contributed by atoms with E-state index in [1.807, 2.05) is 19.1 Å². The van der Waals surface area contributed by atoms with Gasteiger partial charge < -0.3 is 15.2 Å². The highest BCUT2D eigenvalue weighted by Crippen LogP contribution is 2.36. The van der Waals surface area contributed by atoms with Crippen molar-refractivity contribution in [3.8, 4) is 21.6 Å². The number of aryl methyl sites for hydroxylation is 1.